The number of sulfone groups is 1. The summed E-state index contributed by atoms with van der Waals surface area (Å²) >= 11 is 0. The van der Waals surface area contributed by atoms with Crippen molar-refractivity contribution in [3.63, 3.8) is 0 Å². The maximum Gasteiger partial charge on any atom is 0.223 e. The predicted molar refractivity (Wildman–Crippen MR) is 118 cm³/mol. The monoisotopic (exact) mass is 441 g/mol. The van der Waals surface area contributed by atoms with Crippen LogP contribution < -0.4 is 5.73 Å². The molecule has 1 aliphatic rings. The minimum absolute atomic E-state index is 0.0102. The first-order valence-corrected chi connectivity index (χ1v) is 11.9. The fourth-order valence-corrected chi connectivity index (χ4v) is 5.27. The topological polar surface area (TPSA) is 93.4 Å². The molecular weight excluding hydrogens is 417 g/mol. The van der Waals surface area contributed by atoms with Gasteiger partial charge < -0.3 is 10.6 Å². The third-order valence-electron chi connectivity index (χ3n) is 5.70. The van der Waals surface area contributed by atoms with E-state index in [1.54, 1.807) is 4.90 Å². The molecule has 1 aromatic heterocycles. The van der Waals surface area contributed by atoms with Crippen LogP contribution in [-0.2, 0) is 14.6 Å². The molecule has 0 spiro atoms. The molecule has 0 aliphatic carbocycles. The van der Waals surface area contributed by atoms with E-state index in [-0.39, 0.29) is 28.9 Å². The Morgan fingerprint density at radius 1 is 1.16 bits per heavy atom. The van der Waals surface area contributed by atoms with Gasteiger partial charge in [0.2, 0.25) is 5.91 Å². The average molecular weight is 442 g/mol. The number of nitrogens with two attached hydrogens (primary N) is 1. The van der Waals surface area contributed by atoms with Crippen LogP contribution in [0.3, 0.4) is 0 Å². The zero-order valence-corrected chi connectivity index (χ0v) is 17.8. The fourth-order valence-electron chi connectivity index (χ4n) is 4.04. The van der Waals surface area contributed by atoms with Gasteiger partial charge in [-0.3, -0.25) is 9.78 Å². The number of hydrogen-bond donors (Lipinski definition) is 1. The predicted octanol–water partition coefficient (Wildman–Crippen LogP) is 3.53. The highest BCUT2D eigenvalue weighted by atomic mass is 32.2. The number of likely N-dealkylation sites (tertiary alicyclic amines) is 1. The van der Waals surface area contributed by atoms with Crippen LogP contribution in [0.25, 0.3) is 10.9 Å². The fraction of sp³-hybridized carbons (Fsp3) is 0.304. The van der Waals surface area contributed by atoms with E-state index in [1.165, 1.54) is 12.1 Å². The van der Waals surface area contributed by atoms with Gasteiger partial charge >= 0.3 is 0 Å². The number of amides is 1. The number of nitrogen functional groups attached to an aromatic ring is 1. The number of carbonyl (C=O) groups is 1. The molecular formula is C23H24FN3O3S. The Morgan fingerprint density at radius 3 is 2.68 bits per heavy atom. The third-order valence-corrected chi connectivity index (χ3v) is 7.43. The number of rotatable bonds is 5. The van der Waals surface area contributed by atoms with E-state index < -0.39 is 15.7 Å². The molecule has 1 atom stereocenters. The molecule has 2 aromatic carbocycles. The normalized spacial score (nSPS) is 17.1. The van der Waals surface area contributed by atoms with Crippen LogP contribution in [0.5, 0.6) is 0 Å². The maximum atomic E-state index is 13.1. The van der Waals surface area contributed by atoms with Crippen LogP contribution in [0.4, 0.5) is 10.1 Å². The summed E-state index contributed by atoms with van der Waals surface area (Å²) in [6, 6.07) is 14.3. The summed E-state index contributed by atoms with van der Waals surface area (Å²) in [5.41, 5.74) is 8.51. The van der Waals surface area contributed by atoms with Crippen LogP contribution in [0, 0.1) is 5.82 Å². The Labute approximate surface area is 180 Å². The lowest BCUT2D eigenvalue weighted by Crippen LogP contribution is -2.40. The number of hydrogen-bond acceptors (Lipinski definition) is 5. The van der Waals surface area contributed by atoms with Gasteiger partial charge in [-0.25, -0.2) is 12.8 Å². The summed E-state index contributed by atoms with van der Waals surface area (Å²) in [7, 11) is -3.65. The number of anilines is 1. The minimum atomic E-state index is -3.65. The molecule has 0 radical (unpaired) electrons. The number of pyridine rings is 1. The van der Waals surface area contributed by atoms with Gasteiger partial charge in [-0.2, -0.15) is 0 Å². The van der Waals surface area contributed by atoms with Gasteiger partial charge in [0, 0.05) is 30.8 Å². The lowest BCUT2D eigenvalue weighted by molar-refractivity contribution is -0.132. The molecule has 2 N–H and O–H groups in total. The third kappa shape index (κ3) is 4.69. The molecule has 0 saturated carbocycles. The molecule has 8 heteroatoms. The van der Waals surface area contributed by atoms with Gasteiger partial charge in [-0.15, -0.1) is 0 Å². The number of aromatic nitrogens is 1. The first-order chi connectivity index (χ1) is 14.8. The van der Waals surface area contributed by atoms with Gasteiger partial charge in [0.05, 0.1) is 27.5 Å². The van der Waals surface area contributed by atoms with Crippen molar-refractivity contribution in [3.05, 3.63) is 66.1 Å². The number of benzene rings is 2. The summed E-state index contributed by atoms with van der Waals surface area (Å²) in [6.45, 7) is 1.05. The maximum absolute atomic E-state index is 13.1. The van der Waals surface area contributed by atoms with Crippen molar-refractivity contribution < 1.29 is 17.6 Å². The van der Waals surface area contributed by atoms with E-state index >= 15 is 0 Å². The highest BCUT2D eigenvalue weighted by molar-refractivity contribution is 7.91. The Morgan fingerprint density at radius 2 is 1.90 bits per heavy atom. The SMILES string of the molecule is Nc1cc2ccccc2nc1[C@@H]1CCCN(C(=O)CCS(=O)(=O)c2ccc(F)cc2)C1. The van der Waals surface area contributed by atoms with Gasteiger partial charge in [-0.1, -0.05) is 18.2 Å². The quantitative estimate of drug-likeness (QED) is 0.612. The molecule has 4 rings (SSSR count). The van der Waals surface area contributed by atoms with Crippen molar-refractivity contribution >= 4 is 32.3 Å². The Bertz CT molecular complexity index is 1210. The van der Waals surface area contributed by atoms with Gasteiger partial charge in [-0.05, 0) is 49.2 Å². The Hall–Kier alpha value is -3.00. The molecule has 1 saturated heterocycles. The van der Waals surface area contributed by atoms with Crippen molar-refractivity contribution in [2.45, 2.75) is 30.1 Å². The summed E-state index contributed by atoms with van der Waals surface area (Å²) in [4.78, 5) is 19.2. The smallest absolute Gasteiger partial charge is 0.223 e. The number of fused-ring (bicyclic) bond motifs is 1. The zero-order chi connectivity index (χ0) is 22.0. The average Bonchev–Trinajstić information content (AvgIpc) is 2.77. The largest absolute Gasteiger partial charge is 0.397 e. The number of carbonyl (C=O) groups excluding carboxylic acids is 1. The van der Waals surface area contributed by atoms with Crippen LogP contribution in [-0.4, -0.2) is 43.1 Å². The molecule has 1 amide bonds. The van der Waals surface area contributed by atoms with Crippen molar-refractivity contribution in [2.75, 3.05) is 24.6 Å². The first kappa shape index (κ1) is 21.2. The molecule has 162 valence electrons. The summed E-state index contributed by atoms with van der Waals surface area (Å²) in [6.07, 6.45) is 1.55. The number of nitrogens with zero attached hydrogens (tertiary/aromatic N) is 2. The van der Waals surface area contributed by atoms with E-state index in [0.29, 0.717) is 18.8 Å². The second kappa shape index (κ2) is 8.63. The summed E-state index contributed by atoms with van der Waals surface area (Å²) in [5, 5.41) is 0.971. The Kier molecular flexibility index (Phi) is 5.91. The lowest BCUT2D eigenvalue weighted by Gasteiger charge is -2.33. The highest BCUT2D eigenvalue weighted by Crippen LogP contribution is 2.31. The van der Waals surface area contributed by atoms with E-state index in [0.717, 1.165) is 41.6 Å². The molecule has 3 aromatic rings. The van der Waals surface area contributed by atoms with Gasteiger partial charge in [0.1, 0.15) is 5.82 Å². The number of halogens is 1. The molecule has 0 bridgehead atoms. The molecule has 6 nitrogen and oxygen atoms in total. The molecule has 1 aliphatic heterocycles. The Balaban J connectivity index is 1.44. The van der Waals surface area contributed by atoms with Crippen molar-refractivity contribution in [1.29, 1.82) is 0 Å². The summed E-state index contributed by atoms with van der Waals surface area (Å²) in [5.74, 6) is -1.02. The summed E-state index contributed by atoms with van der Waals surface area (Å²) < 4.78 is 38.0. The lowest BCUT2D eigenvalue weighted by atomic mass is 9.92. The van der Waals surface area contributed by atoms with Crippen LogP contribution >= 0.6 is 0 Å². The van der Waals surface area contributed by atoms with Gasteiger partial charge in [0.15, 0.2) is 9.84 Å². The molecule has 0 unspecified atom stereocenters. The molecule has 1 fully saturated rings. The van der Waals surface area contributed by atoms with E-state index in [9.17, 15) is 17.6 Å². The van der Waals surface area contributed by atoms with Crippen molar-refractivity contribution in [1.82, 2.24) is 9.88 Å². The highest BCUT2D eigenvalue weighted by Gasteiger charge is 2.28. The second-order valence-corrected chi connectivity index (χ2v) is 9.97. The number of piperidine rings is 1. The van der Waals surface area contributed by atoms with E-state index in [1.807, 2.05) is 30.3 Å². The van der Waals surface area contributed by atoms with Crippen molar-refractivity contribution in [3.8, 4) is 0 Å². The van der Waals surface area contributed by atoms with Gasteiger partial charge in [0.25, 0.3) is 0 Å². The minimum Gasteiger partial charge on any atom is -0.397 e. The van der Waals surface area contributed by atoms with E-state index in [2.05, 4.69) is 0 Å². The van der Waals surface area contributed by atoms with Crippen LogP contribution in [0.15, 0.2) is 59.5 Å². The second-order valence-electron chi connectivity index (χ2n) is 7.86. The molecule has 31 heavy (non-hydrogen) atoms. The zero-order valence-electron chi connectivity index (χ0n) is 17.0. The van der Waals surface area contributed by atoms with Crippen molar-refractivity contribution in [2.24, 2.45) is 0 Å². The van der Waals surface area contributed by atoms with Crippen LogP contribution in [0.1, 0.15) is 30.9 Å². The molecule has 2 heterocycles. The van der Waals surface area contributed by atoms with E-state index in [4.69, 9.17) is 10.7 Å². The standard InChI is InChI=1S/C23H24FN3O3S/c24-18-7-9-19(10-8-18)31(29,30)13-11-22(28)27-12-3-5-17(15-27)23-20(25)14-16-4-1-2-6-21(16)26-23/h1-2,4,6-10,14,17H,3,5,11-13,15,25H2/t17-/m1/s1. The number of para-hydroxylation sites is 1. The van der Waals surface area contributed by atoms with Crippen LogP contribution in [0.2, 0.25) is 0 Å². The first-order valence-electron chi connectivity index (χ1n) is 10.2.